The summed E-state index contributed by atoms with van der Waals surface area (Å²) >= 11 is 1.87. The number of nitrogens with zero attached hydrogens (tertiary/aromatic N) is 2. The molecule has 0 radical (unpaired) electrons. The topological polar surface area (TPSA) is 37.8 Å². The van der Waals surface area contributed by atoms with Gasteiger partial charge in [-0.25, -0.2) is 9.97 Å². The summed E-state index contributed by atoms with van der Waals surface area (Å²) in [5, 5.41) is 3.40. The van der Waals surface area contributed by atoms with E-state index in [9.17, 15) is 0 Å². The smallest absolute Gasteiger partial charge is 0.138 e. The molecular formula is C15H27N3S. The Balaban J connectivity index is 2.73. The van der Waals surface area contributed by atoms with Crippen LogP contribution in [0, 0.1) is 19.8 Å². The van der Waals surface area contributed by atoms with E-state index in [2.05, 4.69) is 49.9 Å². The van der Waals surface area contributed by atoms with Crippen LogP contribution in [-0.2, 0) is 12.2 Å². The van der Waals surface area contributed by atoms with Crippen LogP contribution in [0.3, 0.4) is 0 Å². The van der Waals surface area contributed by atoms with E-state index in [0.717, 1.165) is 48.2 Å². The first-order valence-corrected chi connectivity index (χ1v) is 8.35. The molecule has 1 rings (SSSR count). The summed E-state index contributed by atoms with van der Waals surface area (Å²) in [4.78, 5) is 9.30. The van der Waals surface area contributed by atoms with Gasteiger partial charge in [0.1, 0.15) is 5.82 Å². The van der Waals surface area contributed by atoms with Crippen molar-refractivity contribution in [2.75, 3.05) is 18.8 Å². The summed E-state index contributed by atoms with van der Waals surface area (Å²) in [7, 11) is 0. The minimum atomic E-state index is 0.622. The number of nitrogens with one attached hydrogen (secondary N) is 1. The fourth-order valence-electron chi connectivity index (χ4n) is 2.17. The molecule has 0 aliphatic carbocycles. The molecule has 0 aliphatic rings. The molecule has 1 heterocycles. The Bertz CT molecular complexity index is 370. The highest BCUT2D eigenvalue weighted by Crippen LogP contribution is 2.17. The van der Waals surface area contributed by atoms with Gasteiger partial charge >= 0.3 is 0 Å². The first-order valence-electron chi connectivity index (χ1n) is 7.19. The monoisotopic (exact) mass is 281 g/mol. The first kappa shape index (κ1) is 16.4. The minimum absolute atomic E-state index is 0.622. The molecule has 3 nitrogen and oxygen atoms in total. The van der Waals surface area contributed by atoms with E-state index >= 15 is 0 Å². The predicted molar refractivity (Wildman–Crippen MR) is 84.8 cm³/mol. The standard InChI is InChI=1S/C15H27N3S/c1-6-16-9-11(3)8-14-12(4)17-15(10-19-7-2)18-13(14)5/h11,16H,6-10H2,1-5H3. The summed E-state index contributed by atoms with van der Waals surface area (Å²) in [5.41, 5.74) is 3.64. The number of hydrogen-bond donors (Lipinski definition) is 1. The number of rotatable bonds is 8. The lowest BCUT2D eigenvalue weighted by atomic mass is 9.98. The maximum absolute atomic E-state index is 4.65. The Morgan fingerprint density at radius 3 is 2.32 bits per heavy atom. The molecule has 0 amide bonds. The fourth-order valence-corrected chi connectivity index (χ4v) is 2.69. The molecule has 0 aromatic carbocycles. The van der Waals surface area contributed by atoms with Gasteiger partial charge in [0.05, 0.1) is 5.75 Å². The Morgan fingerprint density at radius 2 is 1.79 bits per heavy atom. The zero-order valence-corrected chi connectivity index (χ0v) is 13.7. The van der Waals surface area contributed by atoms with Crippen LogP contribution in [0.5, 0.6) is 0 Å². The number of aromatic nitrogens is 2. The fraction of sp³-hybridized carbons (Fsp3) is 0.733. The number of aryl methyl sites for hydroxylation is 2. The summed E-state index contributed by atoms with van der Waals surface area (Å²) < 4.78 is 0. The molecule has 1 unspecified atom stereocenters. The molecule has 0 fully saturated rings. The van der Waals surface area contributed by atoms with Gasteiger partial charge in [-0.2, -0.15) is 11.8 Å². The molecule has 0 saturated carbocycles. The van der Waals surface area contributed by atoms with E-state index in [0.29, 0.717) is 5.92 Å². The highest BCUT2D eigenvalue weighted by Gasteiger charge is 2.12. The van der Waals surface area contributed by atoms with E-state index in [4.69, 9.17) is 0 Å². The van der Waals surface area contributed by atoms with Crippen molar-refractivity contribution in [2.24, 2.45) is 5.92 Å². The highest BCUT2D eigenvalue weighted by molar-refractivity contribution is 7.98. The van der Waals surface area contributed by atoms with Gasteiger partial charge in [-0.15, -0.1) is 0 Å². The lowest BCUT2D eigenvalue weighted by Crippen LogP contribution is -2.22. The number of hydrogen-bond acceptors (Lipinski definition) is 4. The van der Waals surface area contributed by atoms with Gasteiger partial charge in [0.2, 0.25) is 0 Å². The van der Waals surface area contributed by atoms with E-state index in [-0.39, 0.29) is 0 Å². The van der Waals surface area contributed by atoms with Crippen LogP contribution in [0.15, 0.2) is 0 Å². The molecule has 1 N–H and O–H groups in total. The van der Waals surface area contributed by atoms with Crippen LogP contribution in [0.25, 0.3) is 0 Å². The lowest BCUT2D eigenvalue weighted by molar-refractivity contribution is 0.517. The van der Waals surface area contributed by atoms with Crippen LogP contribution in [-0.4, -0.2) is 28.8 Å². The van der Waals surface area contributed by atoms with Crippen molar-refractivity contribution in [2.45, 2.75) is 46.8 Å². The largest absolute Gasteiger partial charge is 0.317 e. The normalized spacial score (nSPS) is 12.7. The van der Waals surface area contributed by atoms with Crippen LogP contribution >= 0.6 is 11.8 Å². The van der Waals surface area contributed by atoms with Crippen molar-refractivity contribution in [1.82, 2.24) is 15.3 Å². The van der Waals surface area contributed by atoms with E-state index in [1.165, 1.54) is 5.56 Å². The van der Waals surface area contributed by atoms with Gasteiger partial charge in [-0.1, -0.05) is 20.8 Å². The Kier molecular flexibility index (Phi) is 7.39. The van der Waals surface area contributed by atoms with Gasteiger partial charge in [-0.05, 0) is 50.6 Å². The third kappa shape index (κ3) is 5.49. The second kappa shape index (κ2) is 8.54. The average molecular weight is 281 g/mol. The second-order valence-electron chi connectivity index (χ2n) is 5.04. The Morgan fingerprint density at radius 1 is 1.16 bits per heavy atom. The molecule has 4 heteroatoms. The summed E-state index contributed by atoms with van der Waals surface area (Å²) in [5.74, 6) is 3.63. The molecular weight excluding hydrogens is 254 g/mol. The van der Waals surface area contributed by atoms with Gasteiger partial charge < -0.3 is 5.32 Å². The molecule has 108 valence electrons. The van der Waals surface area contributed by atoms with Gasteiger partial charge in [0.15, 0.2) is 0 Å². The second-order valence-corrected chi connectivity index (χ2v) is 6.32. The van der Waals surface area contributed by atoms with Gasteiger partial charge in [0, 0.05) is 11.4 Å². The van der Waals surface area contributed by atoms with Crippen molar-refractivity contribution >= 4 is 11.8 Å². The van der Waals surface area contributed by atoms with Crippen molar-refractivity contribution < 1.29 is 0 Å². The van der Waals surface area contributed by atoms with Crippen molar-refractivity contribution in [1.29, 1.82) is 0 Å². The van der Waals surface area contributed by atoms with Crippen LogP contribution < -0.4 is 5.32 Å². The molecule has 1 aromatic heterocycles. The van der Waals surface area contributed by atoms with Crippen LogP contribution in [0.1, 0.15) is 43.5 Å². The molecule has 0 spiro atoms. The van der Waals surface area contributed by atoms with Crippen LogP contribution in [0.2, 0.25) is 0 Å². The maximum atomic E-state index is 4.65. The number of thioether (sulfide) groups is 1. The predicted octanol–water partition coefficient (Wildman–Crippen LogP) is 3.13. The molecule has 19 heavy (non-hydrogen) atoms. The zero-order valence-electron chi connectivity index (χ0n) is 12.9. The minimum Gasteiger partial charge on any atom is -0.317 e. The summed E-state index contributed by atoms with van der Waals surface area (Å²) in [6.07, 6.45) is 1.06. The van der Waals surface area contributed by atoms with Crippen molar-refractivity contribution in [3.8, 4) is 0 Å². The molecule has 1 aromatic rings. The Labute approximate surface area is 122 Å². The highest BCUT2D eigenvalue weighted by atomic mass is 32.2. The maximum Gasteiger partial charge on any atom is 0.138 e. The zero-order chi connectivity index (χ0) is 14.3. The molecule has 1 atom stereocenters. The van der Waals surface area contributed by atoms with Crippen LogP contribution in [0.4, 0.5) is 0 Å². The average Bonchev–Trinajstić information content (AvgIpc) is 2.38. The van der Waals surface area contributed by atoms with Crippen molar-refractivity contribution in [3.05, 3.63) is 22.8 Å². The van der Waals surface area contributed by atoms with Gasteiger partial charge in [-0.3, -0.25) is 0 Å². The third-order valence-corrected chi connectivity index (χ3v) is 4.07. The van der Waals surface area contributed by atoms with E-state index in [1.54, 1.807) is 0 Å². The molecule has 0 saturated heterocycles. The first-order chi connectivity index (χ1) is 9.08. The molecule has 0 bridgehead atoms. The lowest BCUT2D eigenvalue weighted by Gasteiger charge is -2.15. The quantitative estimate of drug-likeness (QED) is 0.794. The molecule has 0 aliphatic heterocycles. The SMILES string of the molecule is CCNCC(C)Cc1c(C)nc(CSCC)nc1C. The van der Waals surface area contributed by atoms with Crippen molar-refractivity contribution in [3.63, 3.8) is 0 Å². The Hall–Kier alpha value is -0.610. The summed E-state index contributed by atoms with van der Waals surface area (Å²) in [6.45, 7) is 12.9. The third-order valence-electron chi connectivity index (χ3n) is 3.20. The summed E-state index contributed by atoms with van der Waals surface area (Å²) in [6, 6.07) is 0. The van der Waals surface area contributed by atoms with Gasteiger partial charge in [0.25, 0.3) is 0 Å². The van der Waals surface area contributed by atoms with E-state index in [1.807, 2.05) is 11.8 Å². The van der Waals surface area contributed by atoms with E-state index < -0.39 is 0 Å².